The summed E-state index contributed by atoms with van der Waals surface area (Å²) in [6, 6.07) is 0. The van der Waals surface area contributed by atoms with E-state index in [1.807, 2.05) is 13.3 Å². The van der Waals surface area contributed by atoms with Gasteiger partial charge in [-0.15, -0.1) is 0 Å². The molecule has 7 nitrogen and oxygen atoms in total. The Hall–Kier alpha value is -1.16. The Morgan fingerprint density at radius 2 is 1.60 bits per heavy atom. The Labute approximate surface area is 158 Å². The van der Waals surface area contributed by atoms with Crippen LogP contribution in [0.5, 0.6) is 0 Å². The van der Waals surface area contributed by atoms with Crippen molar-refractivity contribution in [1.29, 1.82) is 0 Å². The molecule has 1 aliphatic rings. The third-order valence-corrected chi connectivity index (χ3v) is 4.09. The summed E-state index contributed by atoms with van der Waals surface area (Å²) in [5.41, 5.74) is 0.451. The first-order valence-electron chi connectivity index (χ1n) is 8.69. The molecule has 0 spiro atoms. The molecule has 0 aromatic carbocycles. The number of aryl methyl sites for hydroxylation is 2. The third kappa shape index (κ3) is 8.67. The van der Waals surface area contributed by atoms with E-state index in [1.165, 1.54) is 19.0 Å². The average Bonchev–Trinajstić information content (AvgIpc) is 3.33. The molecule has 0 saturated carbocycles. The van der Waals surface area contributed by atoms with Crippen molar-refractivity contribution in [3.05, 3.63) is 29.7 Å². The zero-order valence-corrected chi connectivity index (χ0v) is 16.6. The molecule has 0 bridgehead atoms. The maximum absolute atomic E-state index is 8.81. The van der Waals surface area contributed by atoms with Crippen LogP contribution in [0, 0.1) is 0 Å². The van der Waals surface area contributed by atoms with Crippen molar-refractivity contribution in [2.24, 2.45) is 0 Å². The van der Waals surface area contributed by atoms with Gasteiger partial charge in [-0.25, -0.2) is 9.97 Å². The van der Waals surface area contributed by atoms with Crippen LogP contribution < -0.4 is 5.59 Å². The number of rotatable bonds is 5. The van der Waals surface area contributed by atoms with E-state index in [9.17, 15) is 0 Å². The third-order valence-electron chi connectivity index (χ3n) is 3.43. The van der Waals surface area contributed by atoms with E-state index in [1.54, 1.807) is 17.1 Å². The van der Waals surface area contributed by atoms with Gasteiger partial charge in [0.1, 0.15) is 4.60 Å². The monoisotopic (exact) mass is 414 g/mol. The quantitative estimate of drug-likeness (QED) is 0.729. The fraction of sp³-hybridized carbons (Fsp3) is 0.625. The molecule has 140 valence electrons. The Morgan fingerprint density at radius 1 is 1.04 bits per heavy atom. The van der Waals surface area contributed by atoms with Gasteiger partial charge >= 0.3 is 7.12 Å². The van der Waals surface area contributed by atoms with E-state index in [0.717, 1.165) is 43.7 Å². The van der Waals surface area contributed by atoms with Gasteiger partial charge in [0.25, 0.3) is 0 Å². The van der Waals surface area contributed by atoms with E-state index in [2.05, 4.69) is 37.4 Å². The van der Waals surface area contributed by atoms with Gasteiger partial charge in [-0.05, 0) is 41.6 Å². The number of imidazole rings is 2. The topological polar surface area (TPSA) is 85.3 Å². The molecule has 25 heavy (non-hydrogen) atoms. The molecule has 0 aliphatic carbocycles. The zero-order valence-electron chi connectivity index (χ0n) is 15.0. The highest BCUT2D eigenvalue weighted by Gasteiger charge is 2.15. The zero-order chi connectivity index (χ0) is 18.5. The standard InChI is InChI=1S/C6H11BN2O2.C6H9BrN2.C4H8O/c1-2-3-9-5-8-4-6(9)7(10)11;1-2-3-9-5-8-4-6(9)7;1-2-4-5-3-1/h4-5,10-11H,2-3H2,1H3;4-5H,2-3H2,1H3;1-4H2. The number of aromatic nitrogens is 4. The van der Waals surface area contributed by atoms with Crippen LogP contribution in [-0.2, 0) is 17.8 Å². The van der Waals surface area contributed by atoms with Crippen LogP contribution in [0.3, 0.4) is 0 Å². The van der Waals surface area contributed by atoms with E-state index in [4.69, 9.17) is 14.8 Å². The predicted octanol–water partition coefficient (Wildman–Crippen LogP) is 1.83. The molecule has 3 rings (SSSR count). The van der Waals surface area contributed by atoms with Gasteiger partial charge in [-0.3, -0.25) is 0 Å². The Morgan fingerprint density at radius 3 is 2.04 bits per heavy atom. The van der Waals surface area contributed by atoms with Crippen LogP contribution in [0.2, 0.25) is 0 Å². The Kier molecular flexibility index (Phi) is 11.5. The molecule has 0 amide bonds. The molecule has 9 heteroatoms. The maximum Gasteiger partial charge on any atom is 0.507 e. The van der Waals surface area contributed by atoms with Crippen LogP contribution in [0.15, 0.2) is 29.7 Å². The molecule has 0 atom stereocenters. The summed E-state index contributed by atoms with van der Waals surface area (Å²) < 4.78 is 9.80. The lowest BCUT2D eigenvalue weighted by molar-refractivity contribution is 0.198. The molecule has 1 fully saturated rings. The molecule has 0 radical (unpaired) electrons. The van der Waals surface area contributed by atoms with Crippen LogP contribution in [0.25, 0.3) is 0 Å². The Balaban J connectivity index is 0.000000200. The summed E-state index contributed by atoms with van der Waals surface area (Å²) in [5, 5.41) is 17.6. The second-order valence-corrected chi connectivity index (χ2v) is 6.43. The minimum atomic E-state index is -1.41. The molecular weight excluding hydrogens is 387 g/mol. The first-order valence-corrected chi connectivity index (χ1v) is 9.48. The second kappa shape index (κ2) is 13.1. The summed E-state index contributed by atoms with van der Waals surface area (Å²) in [4.78, 5) is 7.76. The molecule has 2 aromatic heterocycles. The first-order chi connectivity index (χ1) is 12.1. The van der Waals surface area contributed by atoms with Crippen LogP contribution >= 0.6 is 15.9 Å². The van der Waals surface area contributed by atoms with E-state index >= 15 is 0 Å². The molecule has 3 heterocycles. The minimum Gasteiger partial charge on any atom is -0.422 e. The van der Waals surface area contributed by atoms with Crippen LogP contribution in [-0.4, -0.2) is 49.5 Å². The molecule has 2 aromatic rings. The van der Waals surface area contributed by atoms with E-state index in [-0.39, 0.29) is 0 Å². The second-order valence-electron chi connectivity index (χ2n) is 5.61. The first kappa shape index (κ1) is 21.9. The van der Waals surface area contributed by atoms with Gasteiger partial charge in [0.05, 0.1) is 24.4 Å². The van der Waals surface area contributed by atoms with Crippen molar-refractivity contribution in [2.45, 2.75) is 52.6 Å². The minimum absolute atomic E-state index is 0.451. The molecule has 0 unspecified atom stereocenters. The van der Waals surface area contributed by atoms with Gasteiger partial charge in [-0.1, -0.05) is 13.8 Å². The lowest BCUT2D eigenvalue weighted by Gasteiger charge is -2.03. The normalized spacial score (nSPS) is 12.8. The maximum atomic E-state index is 8.81. The fourth-order valence-electron chi connectivity index (χ4n) is 2.19. The number of nitrogens with zero attached hydrogens (tertiary/aromatic N) is 4. The number of ether oxygens (including phenoxy) is 1. The van der Waals surface area contributed by atoms with Gasteiger partial charge in [0.2, 0.25) is 0 Å². The lowest BCUT2D eigenvalue weighted by Crippen LogP contribution is -2.35. The number of hydrogen-bond acceptors (Lipinski definition) is 5. The summed E-state index contributed by atoms with van der Waals surface area (Å²) >= 11 is 3.37. The van der Waals surface area contributed by atoms with Crippen LogP contribution in [0.1, 0.15) is 39.5 Å². The number of halogens is 1. The van der Waals surface area contributed by atoms with E-state index < -0.39 is 7.12 Å². The smallest absolute Gasteiger partial charge is 0.422 e. The highest BCUT2D eigenvalue weighted by molar-refractivity contribution is 9.10. The van der Waals surface area contributed by atoms with Crippen molar-refractivity contribution >= 4 is 28.6 Å². The SMILES string of the molecule is C1CCOC1.CCCn1cncc1B(O)O.CCCn1cncc1Br. The van der Waals surface area contributed by atoms with Crippen LogP contribution in [0.4, 0.5) is 0 Å². The van der Waals surface area contributed by atoms with Crippen molar-refractivity contribution in [3.8, 4) is 0 Å². The predicted molar refractivity (Wildman–Crippen MR) is 103 cm³/mol. The van der Waals surface area contributed by atoms with Gasteiger partial charge in [0, 0.05) is 32.5 Å². The summed E-state index contributed by atoms with van der Waals surface area (Å²) in [7, 11) is -1.41. The highest BCUT2D eigenvalue weighted by Crippen LogP contribution is 2.07. The molecule has 1 saturated heterocycles. The highest BCUT2D eigenvalue weighted by atomic mass is 79.9. The van der Waals surface area contributed by atoms with Gasteiger partial charge in [-0.2, -0.15) is 0 Å². The Bertz CT molecular complexity index is 566. The summed E-state index contributed by atoms with van der Waals surface area (Å²) in [6.07, 6.45) is 11.3. The van der Waals surface area contributed by atoms with Gasteiger partial charge in [0.15, 0.2) is 0 Å². The van der Waals surface area contributed by atoms with Crippen molar-refractivity contribution in [3.63, 3.8) is 0 Å². The molecular formula is C16H28BBrN4O3. The van der Waals surface area contributed by atoms with Gasteiger partial charge < -0.3 is 23.9 Å². The van der Waals surface area contributed by atoms with Crippen molar-refractivity contribution in [1.82, 2.24) is 19.1 Å². The molecule has 2 N–H and O–H groups in total. The largest absolute Gasteiger partial charge is 0.507 e. The fourth-order valence-corrected chi connectivity index (χ4v) is 2.58. The van der Waals surface area contributed by atoms with E-state index in [0.29, 0.717) is 5.59 Å². The van der Waals surface area contributed by atoms with Crippen molar-refractivity contribution in [2.75, 3.05) is 13.2 Å². The lowest BCUT2D eigenvalue weighted by atomic mass is 9.87. The average molecular weight is 415 g/mol. The van der Waals surface area contributed by atoms with Crippen molar-refractivity contribution < 1.29 is 14.8 Å². The number of hydrogen-bond donors (Lipinski definition) is 2. The molecule has 1 aliphatic heterocycles. The summed E-state index contributed by atoms with van der Waals surface area (Å²) in [5.74, 6) is 0. The summed E-state index contributed by atoms with van der Waals surface area (Å²) in [6.45, 7) is 7.98.